The van der Waals surface area contributed by atoms with Crippen molar-refractivity contribution < 1.29 is 4.74 Å². The number of rotatable bonds is 3. The lowest BCUT2D eigenvalue weighted by atomic mass is 10.1. The van der Waals surface area contributed by atoms with E-state index in [4.69, 9.17) is 4.74 Å². The molecule has 23 heavy (non-hydrogen) atoms. The minimum absolute atomic E-state index is 0.733. The molecule has 2 aromatic carbocycles. The lowest BCUT2D eigenvalue weighted by Crippen LogP contribution is -1.94. The summed E-state index contributed by atoms with van der Waals surface area (Å²) in [7, 11) is 1.65. The Morgan fingerprint density at radius 1 is 0.913 bits per heavy atom. The molecule has 0 amide bonds. The van der Waals surface area contributed by atoms with E-state index in [2.05, 4.69) is 15.2 Å². The van der Waals surface area contributed by atoms with Crippen molar-refractivity contribution in [3.05, 3.63) is 67.0 Å². The van der Waals surface area contributed by atoms with Gasteiger partial charge in [-0.3, -0.25) is 9.38 Å². The van der Waals surface area contributed by atoms with Gasteiger partial charge in [0.25, 0.3) is 0 Å². The van der Waals surface area contributed by atoms with Crippen LogP contribution in [0, 0.1) is 0 Å². The largest absolute Gasteiger partial charge is 0.497 e. The lowest BCUT2D eigenvalue weighted by Gasteiger charge is -2.05. The fraction of sp³-hybridized carbons (Fsp3) is 0.0556. The third kappa shape index (κ3) is 2.32. The van der Waals surface area contributed by atoms with Gasteiger partial charge in [0, 0.05) is 23.5 Å². The predicted octanol–water partition coefficient (Wildman–Crippen LogP) is 3.47. The van der Waals surface area contributed by atoms with Crippen molar-refractivity contribution in [2.45, 2.75) is 0 Å². The number of nitrogens with zero attached hydrogens (tertiary/aromatic N) is 4. The van der Waals surface area contributed by atoms with E-state index in [1.807, 2.05) is 65.2 Å². The number of benzene rings is 2. The number of ether oxygens (including phenoxy) is 1. The topological polar surface area (TPSA) is 52.3 Å². The molecule has 0 spiro atoms. The first-order valence-corrected chi connectivity index (χ1v) is 7.26. The summed E-state index contributed by atoms with van der Waals surface area (Å²) < 4.78 is 7.24. The van der Waals surface area contributed by atoms with Gasteiger partial charge in [-0.05, 0) is 12.1 Å². The highest BCUT2D eigenvalue weighted by Crippen LogP contribution is 2.26. The Kier molecular flexibility index (Phi) is 3.24. The predicted molar refractivity (Wildman–Crippen MR) is 88.2 cm³/mol. The van der Waals surface area contributed by atoms with E-state index in [-0.39, 0.29) is 0 Å². The molecule has 0 saturated heterocycles. The average Bonchev–Trinajstić information content (AvgIpc) is 3.06. The van der Waals surface area contributed by atoms with E-state index in [1.54, 1.807) is 13.3 Å². The molecule has 0 aliphatic rings. The molecule has 112 valence electrons. The van der Waals surface area contributed by atoms with E-state index in [1.165, 1.54) is 0 Å². The van der Waals surface area contributed by atoms with Gasteiger partial charge in [-0.15, -0.1) is 10.2 Å². The summed E-state index contributed by atoms with van der Waals surface area (Å²) in [5.41, 5.74) is 3.51. The molecule has 0 unspecified atom stereocenters. The van der Waals surface area contributed by atoms with Gasteiger partial charge >= 0.3 is 0 Å². The third-order valence-electron chi connectivity index (χ3n) is 3.70. The van der Waals surface area contributed by atoms with Crippen LogP contribution in [0.3, 0.4) is 0 Å². The normalized spacial score (nSPS) is 10.8. The van der Waals surface area contributed by atoms with Gasteiger partial charge in [0.1, 0.15) is 11.4 Å². The number of hydrogen-bond acceptors (Lipinski definition) is 4. The summed E-state index contributed by atoms with van der Waals surface area (Å²) in [6, 6.07) is 17.8. The molecule has 0 saturated carbocycles. The highest BCUT2D eigenvalue weighted by Gasteiger charge is 2.13. The molecular weight excluding hydrogens is 288 g/mol. The van der Waals surface area contributed by atoms with Crippen LogP contribution in [0.15, 0.2) is 67.0 Å². The van der Waals surface area contributed by atoms with Crippen molar-refractivity contribution in [3.63, 3.8) is 0 Å². The molecule has 0 aliphatic heterocycles. The first-order valence-electron chi connectivity index (χ1n) is 7.26. The Bertz CT molecular complexity index is 963. The molecule has 0 bridgehead atoms. The second-order valence-corrected chi connectivity index (χ2v) is 5.09. The zero-order valence-electron chi connectivity index (χ0n) is 12.5. The number of fused-ring (bicyclic) bond motifs is 1. The maximum atomic E-state index is 5.29. The Morgan fingerprint density at radius 2 is 1.74 bits per heavy atom. The zero-order valence-corrected chi connectivity index (χ0v) is 12.5. The minimum Gasteiger partial charge on any atom is -0.497 e. The molecule has 0 aliphatic carbocycles. The summed E-state index contributed by atoms with van der Waals surface area (Å²) in [5, 5.41) is 8.68. The van der Waals surface area contributed by atoms with Crippen molar-refractivity contribution in [2.24, 2.45) is 0 Å². The summed E-state index contributed by atoms with van der Waals surface area (Å²) in [6.45, 7) is 0. The molecule has 2 heterocycles. The second-order valence-electron chi connectivity index (χ2n) is 5.09. The molecular formula is C18H14N4O. The molecule has 4 aromatic rings. The summed E-state index contributed by atoms with van der Waals surface area (Å²) in [6.07, 6.45) is 3.64. The average molecular weight is 302 g/mol. The maximum Gasteiger partial charge on any atom is 0.187 e. The molecule has 4 rings (SSSR count). The van der Waals surface area contributed by atoms with Crippen molar-refractivity contribution in [1.82, 2.24) is 19.6 Å². The van der Waals surface area contributed by atoms with Crippen molar-refractivity contribution >= 4 is 5.65 Å². The van der Waals surface area contributed by atoms with Crippen LogP contribution in [0.2, 0.25) is 0 Å². The van der Waals surface area contributed by atoms with E-state index in [0.29, 0.717) is 0 Å². The molecule has 5 heteroatoms. The van der Waals surface area contributed by atoms with Crippen LogP contribution in [0.25, 0.3) is 28.3 Å². The summed E-state index contributed by atoms with van der Waals surface area (Å²) >= 11 is 0. The maximum absolute atomic E-state index is 5.29. The third-order valence-corrected chi connectivity index (χ3v) is 3.70. The standard InChI is InChI=1S/C18H14N4O/c1-23-15-9-5-8-14(12-15)17-20-21-18-16(19-10-11-22(17)18)13-6-3-2-4-7-13/h2-12H,1H3. The molecule has 5 nitrogen and oxygen atoms in total. The van der Waals surface area contributed by atoms with Gasteiger partial charge in [0.15, 0.2) is 11.5 Å². The van der Waals surface area contributed by atoms with Crippen LogP contribution in [0.4, 0.5) is 0 Å². The quantitative estimate of drug-likeness (QED) is 0.581. The number of aromatic nitrogens is 4. The molecule has 0 radical (unpaired) electrons. The first-order chi connectivity index (χ1) is 11.4. The summed E-state index contributed by atoms with van der Waals surface area (Å²) in [5.74, 6) is 1.55. The highest BCUT2D eigenvalue weighted by atomic mass is 16.5. The van der Waals surface area contributed by atoms with Gasteiger partial charge in [0.05, 0.1) is 7.11 Å². The lowest BCUT2D eigenvalue weighted by molar-refractivity contribution is 0.415. The Hall–Kier alpha value is -3.21. The van der Waals surface area contributed by atoms with E-state index >= 15 is 0 Å². The van der Waals surface area contributed by atoms with E-state index in [9.17, 15) is 0 Å². The Balaban J connectivity index is 1.91. The van der Waals surface area contributed by atoms with E-state index in [0.717, 1.165) is 34.0 Å². The molecule has 2 aromatic heterocycles. The van der Waals surface area contributed by atoms with Crippen molar-refractivity contribution in [3.8, 4) is 28.4 Å². The Labute approximate surface area is 133 Å². The monoisotopic (exact) mass is 302 g/mol. The number of methoxy groups -OCH3 is 1. The van der Waals surface area contributed by atoms with Gasteiger partial charge in [0.2, 0.25) is 0 Å². The van der Waals surface area contributed by atoms with E-state index < -0.39 is 0 Å². The van der Waals surface area contributed by atoms with Gasteiger partial charge in [-0.2, -0.15) is 0 Å². The van der Waals surface area contributed by atoms with Gasteiger partial charge < -0.3 is 4.74 Å². The fourth-order valence-electron chi connectivity index (χ4n) is 2.58. The number of hydrogen-bond donors (Lipinski definition) is 0. The Morgan fingerprint density at radius 3 is 2.57 bits per heavy atom. The minimum atomic E-state index is 0.733. The first kappa shape index (κ1) is 13.5. The molecule has 0 fully saturated rings. The second kappa shape index (κ2) is 5.53. The highest BCUT2D eigenvalue weighted by molar-refractivity contribution is 5.75. The molecule has 0 atom stereocenters. The molecule has 0 N–H and O–H groups in total. The zero-order chi connectivity index (χ0) is 15.6. The smallest absolute Gasteiger partial charge is 0.187 e. The van der Waals surface area contributed by atoms with Crippen molar-refractivity contribution in [2.75, 3.05) is 7.11 Å². The fourth-order valence-corrected chi connectivity index (χ4v) is 2.58. The summed E-state index contributed by atoms with van der Waals surface area (Å²) in [4.78, 5) is 4.47. The van der Waals surface area contributed by atoms with Crippen LogP contribution < -0.4 is 4.74 Å². The van der Waals surface area contributed by atoms with Gasteiger partial charge in [-0.25, -0.2) is 0 Å². The van der Waals surface area contributed by atoms with Crippen LogP contribution in [0.1, 0.15) is 0 Å². The van der Waals surface area contributed by atoms with Gasteiger partial charge in [-0.1, -0.05) is 42.5 Å². The van der Waals surface area contributed by atoms with Crippen LogP contribution in [-0.4, -0.2) is 26.7 Å². The van der Waals surface area contributed by atoms with Crippen molar-refractivity contribution in [1.29, 1.82) is 0 Å². The van der Waals surface area contributed by atoms with Crippen LogP contribution in [-0.2, 0) is 0 Å². The SMILES string of the molecule is COc1cccc(-c2nnc3c(-c4ccccc4)nccn23)c1. The van der Waals surface area contributed by atoms with Crippen LogP contribution >= 0.6 is 0 Å². The van der Waals surface area contributed by atoms with Crippen LogP contribution in [0.5, 0.6) is 5.75 Å².